The maximum atomic E-state index is 14.4. The van der Waals surface area contributed by atoms with Crippen molar-refractivity contribution in [3.8, 4) is 11.1 Å². The third-order valence-corrected chi connectivity index (χ3v) is 4.74. The summed E-state index contributed by atoms with van der Waals surface area (Å²) in [6.45, 7) is 0. The molecule has 0 aliphatic carbocycles. The van der Waals surface area contributed by atoms with Gasteiger partial charge in [0.1, 0.15) is 17.2 Å². The lowest BCUT2D eigenvalue weighted by atomic mass is 10.1. The Kier molecular flexibility index (Phi) is 4.18. The van der Waals surface area contributed by atoms with Gasteiger partial charge in [-0.15, -0.1) is 21.5 Å². The monoisotopic (exact) mass is 369 g/mol. The minimum atomic E-state index is -1.04. The van der Waals surface area contributed by atoms with Crippen LogP contribution >= 0.6 is 11.3 Å². The molecule has 0 atom stereocenters. The standard InChI is InChI=1S/C18H12FN3O3S/c19-12-7-13-14(6-11(12)10-4-2-1-3-5-10)26-17(20-13)8-15-21-22-16(25-15)9-18(23)24/h1-7H,8-9H2,(H,23,24). The van der Waals surface area contributed by atoms with Gasteiger partial charge in [0.15, 0.2) is 0 Å². The van der Waals surface area contributed by atoms with Crippen molar-refractivity contribution in [2.75, 3.05) is 0 Å². The largest absolute Gasteiger partial charge is 0.481 e. The summed E-state index contributed by atoms with van der Waals surface area (Å²) in [6, 6.07) is 12.5. The minimum absolute atomic E-state index is 0.0472. The second kappa shape index (κ2) is 6.64. The average molecular weight is 369 g/mol. The van der Waals surface area contributed by atoms with Crippen molar-refractivity contribution in [3.63, 3.8) is 0 Å². The molecule has 0 spiro atoms. The van der Waals surface area contributed by atoms with Crippen LogP contribution in [0.5, 0.6) is 0 Å². The van der Waals surface area contributed by atoms with Crippen LogP contribution in [0.3, 0.4) is 0 Å². The van der Waals surface area contributed by atoms with Gasteiger partial charge in [0.25, 0.3) is 0 Å². The van der Waals surface area contributed by atoms with E-state index in [9.17, 15) is 9.18 Å². The molecule has 6 nitrogen and oxygen atoms in total. The second-order valence-corrected chi connectivity index (χ2v) is 6.73. The predicted molar refractivity (Wildman–Crippen MR) is 93.5 cm³/mol. The molecule has 0 saturated carbocycles. The third-order valence-electron chi connectivity index (χ3n) is 3.72. The van der Waals surface area contributed by atoms with E-state index in [2.05, 4.69) is 15.2 Å². The number of carboxylic acid groups (broad SMARTS) is 1. The summed E-state index contributed by atoms with van der Waals surface area (Å²) < 4.78 is 20.6. The first-order valence-electron chi connectivity index (χ1n) is 7.76. The summed E-state index contributed by atoms with van der Waals surface area (Å²) in [7, 11) is 0. The SMILES string of the molecule is O=C(O)Cc1nnc(Cc2nc3cc(F)c(-c4ccccc4)cc3s2)o1. The van der Waals surface area contributed by atoms with Crippen LogP contribution in [0.2, 0.25) is 0 Å². The van der Waals surface area contributed by atoms with E-state index in [0.717, 1.165) is 10.3 Å². The Hall–Kier alpha value is -3.13. The zero-order chi connectivity index (χ0) is 18.1. The van der Waals surface area contributed by atoms with Crippen LogP contribution in [0, 0.1) is 5.82 Å². The highest BCUT2D eigenvalue weighted by atomic mass is 32.1. The van der Waals surface area contributed by atoms with Gasteiger partial charge in [-0.2, -0.15) is 0 Å². The van der Waals surface area contributed by atoms with Gasteiger partial charge in [-0.3, -0.25) is 4.79 Å². The van der Waals surface area contributed by atoms with Gasteiger partial charge >= 0.3 is 5.97 Å². The normalized spacial score (nSPS) is 11.1. The molecule has 2 aromatic carbocycles. The van der Waals surface area contributed by atoms with Crippen molar-refractivity contribution in [2.24, 2.45) is 0 Å². The molecule has 0 unspecified atom stereocenters. The van der Waals surface area contributed by atoms with Crippen LogP contribution < -0.4 is 0 Å². The summed E-state index contributed by atoms with van der Waals surface area (Å²) in [5.41, 5.74) is 1.89. The Morgan fingerprint density at radius 1 is 1.15 bits per heavy atom. The molecule has 0 fully saturated rings. The van der Waals surface area contributed by atoms with Gasteiger partial charge in [-0.25, -0.2) is 9.37 Å². The number of rotatable bonds is 5. The molecule has 130 valence electrons. The summed E-state index contributed by atoms with van der Waals surface area (Å²) in [5, 5.41) is 16.9. The van der Waals surface area contributed by atoms with Gasteiger partial charge in [0.05, 0.1) is 16.6 Å². The molecule has 2 aromatic heterocycles. The number of hydrogen-bond donors (Lipinski definition) is 1. The number of halogens is 1. The molecule has 8 heteroatoms. The minimum Gasteiger partial charge on any atom is -0.481 e. The summed E-state index contributed by atoms with van der Waals surface area (Å²) in [6.07, 6.45) is -0.0489. The van der Waals surface area contributed by atoms with Gasteiger partial charge in [-0.1, -0.05) is 30.3 Å². The number of carbonyl (C=O) groups is 1. The van der Waals surface area contributed by atoms with Crippen LogP contribution in [-0.4, -0.2) is 26.3 Å². The Labute approximate surface area is 151 Å². The van der Waals surface area contributed by atoms with Gasteiger partial charge < -0.3 is 9.52 Å². The Morgan fingerprint density at radius 2 is 1.92 bits per heavy atom. The number of aliphatic carboxylic acids is 1. The highest BCUT2D eigenvalue weighted by molar-refractivity contribution is 7.18. The smallest absolute Gasteiger partial charge is 0.312 e. The fourth-order valence-corrected chi connectivity index (χ4v) is 3.58. The first-order valence-corrected chi connectivity index (χ1v) is 8.57. The Balaban J connectivity index is 1.63. The molecule has 4 aromatic rings. The van der Waals surface area contributed by atoms with Crippen LogP contribution in [0.4, 0.5) is 4.39 Å². The van der Waals surface area contributed by atoms with Crippen molar-refractivity contribution in [1.82, 2.24) is 15.2 Å². The fourth-order valence-electron chi connectivity index (χ4n) is 2.60. The molecule has 0 aliphatic rings. The first kappa shape index (κ1) is 16.3. The number of aromatic nitrogens is 3. The van der Waals surface area contributed by atoms with E-state index in [1.165, 1.54) is 17.4 Å². The molecule has 4 rings (SSSR count). The molecule has 0 aliphatic heterocycles. The van der Waals surface area contributed by atoms with E-state index >= 15 is 0 Å². The van der Waals surface area contributed by atoms with E-state index < -0.39 is 5.97 Å². The maximum Gasteiger partial charge on any atom is 0.312 e. The van der Waals surface area contributed by atoms with E-state index in [-0.39, 0.29) is 30.4 Å². The highest BCUT2D eigenvalue weighted by Gasteiger charge is 2.15. The lowest BCUT2D eigenvalue weighted by Crippen LogP contribution is -1.99. The zero-order valence-corrected chi connectivity index (χ0v) is 14.2. The second-order valence-electron chi connectivity index (χ2n) is 5.61. The lowest BCUT2D eigenvalue weighted by molar-refractivity contribution is -0.136. The molecule has 1 N–H and O–H groups in total. The fraction of sp³-hybridized carbons (Fsp3) is 0.111. The third kappa shape index (κ3) is 3.31. The van der Waals surface area contributed by atoms with Crippen molar-refractivity contribution in [2.45, 2.75) is 12.8 Å². The molecule has 0 amide bonds. The maximum absolute atomic E-state index is 14.4. The van der Waals surface area contributed by atoms with Crippen LogP contribution in [0.25, 0.3) is 21.3 Å². The van der Waals surface area contributed by atoms with Crippen molar-refractivity contribution >= 4 is 27.5 Å². The van der Waals surface area contributed by atoms with E-state index in [1.54, 1.807) is 6.07 Å². The van der Waals surface area contributed by atoms with E-state index in [4.69, 9.17) is 9.52 Å². The highest BCUT2D eigenvalue weighted by Crippen LogP contribution is 2.31. The van der Waals surface area contributed by atoms with Crippen molar-refractivity contribution in [3.05, 3.63) is 65.1 Å². The molecule has 26 heavy (non-hydrogen) atoms. The number of carboxylic acids is 1. The molecule has 2 heterocycles. The van der Waals surface area contributed by atoms with Crippen molar-refractivity contribution < 1.29 is 18.7 Å². The van der Waals surface area contributed by atoms with Crippen LogP contribution in [0.1, 0.15) is 16.8 Å². The van der Waals surface area contributed by atoms with Crippen LogP contribution in [-0.2, 0) is 17.6 Å². The molecule has 0 bridgehead atoms. The van der Waals surface area contributed by atoms with E-state index in [0.29, 0.717) is 16.1 Å². The molecule has 0 saturated heterocycles. The number of fused-ring (bicyclic) bond motifs is 1. The number of thiazole rings is 1. The quantitative estimate of drug-likeness (QED) is 0.577. The molecular formula is C18H12FN3O3S. The predicted octanol–water partition coefficient (Wildman–Crippen LogP) is 3.70. The Bertz CT molecular complexity index is 1090. The van der Waals surface area contributed by atoms with Crippen molar-refractivity contribution in [1.29, 1.82) is 0 Å². The summed E-state index contributed by atoms with van der Waals surface area (Å²) >= 11 is 1.41. The van der Waals surface area contributed by atoms with Gasteiger partial charge in [0, 0.05) is 11.6 Å². The first-order chi connectivity index (χ1) is 12.6. The molecular weight excluding hydrogens is 357 g/mol. The lowest BCUT2D eigenvalue weighted by Gasteiger charge is -2.02. The summed E-state index contributed by atoms with van der Waals surface area (Å²) in [5.74, 6) is -1.04. The number of hydrogen-bond acceptors (Lipinski definition) is 6. The number of benzene rings is 2. The number of nitrogens with zero attached hydrogens (tertiary/aromatic N) is 3. The zero-order valence-electron chi connectivity index (χ0n) is 13.3. The molecule has 0 radical (unpaired) electrons. The van der Waals surface area contributed by atoms with E-state index in [1.807, 2.05) is 30.3 Å². The topological polar surface area (TPSA) is 89.1 Å². The van der Waals surface area contributed by atoms with Crippen LogP contribution in [0.15, 0.2) is 46.9 Å². The average Bonchev–Trinajstić information content (AvgIpc) is 3.20. The summed E-state index contributed by atoms with van der Waals surface area (Å²) in [4.78, 5) is 15.1. The van der Waals surface area contributed by atoms with Gasteiger partial charge in [-0.05, 0) is 11.6 Å². The van der Waals surface area contributed by atoms with Gasteiger partial charge in [0.2, 0.25) is 11.8 Å². The Morgan fingerprint density at radius 3 is 2.69 bits per heavy atom.